The second-order valence-corrected chi connectivity index (χ2v) is 2.85. The fourth-order valence-electron chi connectivity index (χ4n) is 1.29. The average Bonchev–Trinajstić information content (AvgIpc) is 1.97. The molecule has 1 amide bonds. The van der Waals surface area contributed by atoms with Gasteiger partial charge in [-0.2, -0.15) is 0 Å². The number of nitrogens with zero attached hydrogens (tertiary/aromatic N) is 1. The quantitative estimate of drug-likeness (QED) is 0.346. The third-order valence-corrected chi connectivity index (χ3v) is 2.17. The van der Waals surface area contributed by atoms with Gasteiger partial charge < -0.3 is 0 Å². The van der Waals surface area contributed by atoms with Crippen molar-refractivity contribution >= 4 is 17.5 Å². The molecular weight excluding hydrogens is 162 g/mol. The van der Waals surface area contributed by atoms with Gasteiger partial charge in [-0.1, -0.05) is 0 Å². The van der Waals surface area contributed by atoms with Gasteiger partial charge in [0.1, 0.15) is 0 Å². The van der Waals surface area contributed by atoms with Gasteiger partial charge in [0.2, 0.25) is 0 Å². The van der Waals surface area contributed by atoms with E-state index in [2.05, 4.69) is 0 Å². The molecule has 0 saturated carbocycles. The Bertz CT molecular complexity index is 257. The summed E-state index contributed by atoms with van der Waals surface area (Å²) in [6, 6.07) is 0. The van der Waals surface area contributed by atoms with Gasteiger partial charge in [-0.05, 0) is 13.8 Å². The van der Waals surface area contributed by atoms with Crippen LogP contribution < -0.4 is 0 Å². The highest BCUT2D eigenvalue weighted by atomic mass is 16.5. The first-order valence-electron chi connectivity index (χ1n) is 3.47. The smallest absolute Gasteiger partial charge is 0.250 e. The minimum atomic E-state index is -1.59. The van der Waals surface area contributed by atoms with E-state index in [9.17, 15) is 14.4 Å². The van der Waals surface area contributed by atoms with Crippen LogP contribution in [0.3, 0.4) is 0 Å². The van der Waals surface area contributed by atoms with E-state index in [1.165, 1.54) is 13.8 Å². The molecule has 0 aromatic heterocycles. The van der Waals surface area contributed by atoms with E-state index in [-0.39, 0.29) is 11.5 Å². The second-order valence-electron chi connectivity index (χ2n) is 2.85. The van der Waals surface area contributed by atoms with Crippen LogP contribution in [0.4, 0.5) is 0 Å². The number of Topliss-reactive ketones (excluding diaryl/α,β-unsaturated/α-hetero) is 2. The SMILES string of the molecule is CC(=O)C1(C(C)=O)CC(=O)N1O. The van der Waals surface area contributed by atoms with Crippen LogP contribution in [0, 0.1) is 0 Å². The van der Waals surface area contributed by atoms with Gasteiger partial charge in [0.05, 0.1) is 6.42 Å². The number of hydrogen-bond donors (Lipinski definition) is 1. The summed E-state index contributed by atoms with van der Waals surface area (Å²) in [5.41, 5.74) is -1.59. The van der Waals surface area contributed by atoms with Crippen LogP contribution in [0.15, 0.2) is 0 Å². The highest BCUT2D eigenvalue weighted by Gasteiger charge is 2.58. The predicted molar refractivity (Wildman–Crippen MR) is 37.3 cm³/mol. The summed E-state index contributed by atoms with van der Waals surface area (Å²) >= 11 is 0. The molecule has 0 aromatic carbocycles. The molecule has 5 nitrogen and oxygen atoms in total. The first kappa shape index (κ1) is 8.86. The van der Waals surface area contributed by atoms with E-state index in [0.717, 1.165) is 0 Å². The maximum absolute atomic E-state index is 11.0. The van der Waals surface area contributed by atoms with Crippen molar-refractivity contribution in [1.82, 2.24) is 5.06 Å². The van der Waals surface area contributed by atoms with Gasteiger partial charge >= 0.3 is 0 Å². The van der Waals surface area contributed by atoms with Gasteiger partial charge in [0.25, 0.3) is 5.91 Å². The maximum Gasteiger partial charge on any atom is 0.250 e. The van der Waals surface area contributed by atoms with Gasteiger partial charge in [0, 0.05) is 0 Å². The topological polar surface area (TPSA) is 74.7 Å². The van der Waals surface area contributed by atoms with Crippen molar-refractivity contribution in [3.05, 3.63) is 0 Å². The zero-order valence-corrected chi connectivity index (χ0v) is 6.83. The first-order chi connectivity index (χ1) is 5.43. The summed E-state index contributed by atoms with van der Waals surface area (Å²) in [6.45, 7) is 2.36. The van der Waals surface area contributed by atoms with Crippen molar-refractivity contribution in [1.29, 1.82) is 0 Å². The van der Waals surface area contributed by atoms with E-state index in [4.69, 9.17) is 5.21 Å². The second kappa shape index (κ2) is 2.38. The maximum atomic E-state index is 11.0. The molecule has 0 atom stereocenters. The summed E-state index contributed by atoms with van der Waals surface area (Å²) in [5.74, 6) is -1.60. The minimum absolute atomic E-state index is 0.214. The summed E-state index contributed by atoms with van der Waals surface area (Å²) in [5, 5.41) is 9.23. The zero-order chi connectivity index (χ0) is 9.52. The molecule has 0 radical (unpaired) electrons. The number of carbonyl (C=O) groups is 3. The molecule has 0 unspecified atom stereocenters. The molecule has 0 aliphatic carbocycles. The highest BCUT2D eigenvalue weighted by molar-refractivity contribution is 6.18. The zero-order valence-electron chi connectivity index (χ0n) is 6.83. The number of β-lactam (4-membered cyclic amide) rings is 1. The molecule has 1 fully saturated rings. The Hall–Kier alpha value is -1.23. The van der Waals surface area contributed by atoms with Crippen LogP contribution in [0.5, 0.6) is 0 Å². The summed E-state index contributed by atoms with van der Waals surface area (Å²) in [4.78, 5) is 32.6. The lowest BCUT2D eigenvalue weighted by Gasteiger charge is -2.43. The Kier molecular flexibility index (Phi) is 1.76. The highest BCUT2D eigenvalue weighted by Crippen LogP contribution is 2.31. The summed E-state index contributed by atoms with van der Waals surface area (Å²) in [7, 11) is 0. The Labute approximate surface area is 68.9 Å². The van der Waals surface area contributed by atoms with E-state index in [0.29, 0.717) is 0 Å². The molecule has 1 heterocycles. The molecule has 12 heavy (non-hydrogen) atoms. The molecule has 66 valence electrons. The van der Waals surface area contributed by atoms with Gasteiger partial charge in [-0.3, -0.25) is 19.6 Å². The third-order valence-electron chi connectivity index (χ3n) is 2.17. The molecule has 1 N–H and O–H groups in total. The lowest BCUT2D eigenvalue weighted by Crippen LogP contribution is -2.69. The van der Waals surface area contributed by atoms with Gasteiger partial charge in [-0.15, -0.1) is 0 Å². The van der Waals surface area contributed by atoms with Gasteiger partial charge in [-0.25, -0.2) is 5.06 Å². The standard InChI is InChI=1S/C7H9NO4/c1-4(9)7(5(2)10)3-6(11)8(7)12/h12H,3H2,1-2H3. The molecule has 0 aromatic rings. The summed E-state index contributed by atoms with van der Waals surface area (Å²) in [6.07, 6.45) is -0.214. The molecule has 5 heteroatoms. The number of ketones is 2. The monoisotopic (exact) mass is 171 g/mol. The first-order valence-corrected chi connectivity index (χ1v) is 3.47. The molecule has 0 spiro atoms. The van der Waals surface area contributed by atoms with Crippen LogP contribution in [0.1, 0.15) is 20.3 Å². The fraction of sp³-hybridized carbons (Fsp3) is 0.571. The van der Waals surface area contributed by atoms with Crippen LogP contribution in [0.25, 0.3) is 0 Å². The lowest BCUT2D eigenvalue weighted by molar-refractivity contribution is -0.224. The van der Waals surface area contributed by atoms with Crippen LogP contribution >= 0.6 is 0 Å². The Morgan fingerprint density at radius 2 is 1.83 bits per heavy atom. The number of amides is 1. The normalized spacial score (nSPS) is 20.2. The number of hydrogen-bond acceptors (Lipinski definition) is 4. The Morgan fingerprint density at radius 3 is 1.92 bits per heavy atom. The number of hydroxylamine groups is 2. The van der Waals surface area contributed by atoms with E-state index >= 15 is 0 Å². The third kappa shape index (κ3) is 0.797. The molecule has 1 rings (SSSR count). The van der Waals surface area contributed by atoms with Crippen molar-refractivity contribution in [2.24, 2.45) is 0 Å². The van der Waals surface area contributed by atoms with Crippen LogP contribution in [-0.2, 0) is 14.4 Å². The predicted octanol–water partition coefficient (Wildman–Crippen LogP) is -0.475. The summed E-state index contributed by atoms with van der Waals surface area (Å²) < 4.78 is 0. The molecule has 0 bridgehead atoms. The average molecular weight is 171 g/mol. The molecular formula is C7H9NO4. The molecule has 1 aliphatic heterocycles. The minimum Gasteiger partial charge on any atom is -0.297 e. The van der Waals surface area contributed by atoms with Crippen LogP contribution in [0.2, 0.25) is 0 Å². The van der Waals surface area contributed by atoms with Crippen molar-refractivity contribution in [2.75, 3.05) is 0 Å². The largest absolute Gasteiger partial charge is 0.297 e. The van der Waals surface area contributed by atoms with E-state index < -0.39 is 23.0 Å². The van der Waals surface area contributed by atoms with E-state index in [1.54, 1.807) is 0 Å². The molecule has 1 saturated heterocycles. The van der Waals surface area contributed by atoms with Crippen molar-refractivity contribution in [3.8, 4) is 0 Å². The fourth-order valence-corrected chi connectivity index (χ4v) is 1.29. The van der Waals surface area contributed by atoms with Crippen molar-refractivity contribution in [2.45, 2.75) is 25.8 Å². The van der Waals surface area contributed by atoms with Gasteiger partial charge in [0.15, 0.2) is 17.1 Å². The van der Waals surface area contributed by atoms with Crippen molar-refractivity contribution < 1.29 is 19.6 Å². The van der Waals surface area contributed by atoms with Crippen LogP contribution in [-0.4, -0.2) is 33.3 Å². The lowest BCUT2D eigenvalue weighted by atomic mass is 9.79. The number of carbonyl (C=O) groups excluding carboxylic acids is 3. The Balaban J connectivity index is 3.00. The Morgan fingerprint density at radius 1 is 1.42 bits per heavy atom. The molecule has 1 aliphatic rings. The van der Waals surface area contributed by atoms with E-state index in [1.807, 2.05) is 0 Å². The van der Waals surface area contributed by atoms with Crippen molar-refractivity contribution in [3.63, 3.8) is 0 Å². The number of rotatable bonds is 2.